The molecule has 1 unspecified atom stereocenters. The molecule has 0 spiro atoms. The summed E-state index contributed by atoms with van der Waals surface area (Å²) in [5.74, 6) is 0.808. The van der Waals surface area contributed by atoms with E-state index in [1.165, 1.54) is 0 Å². The highest BCUT2D eigenvalue weighted by Crippen LogP contribution is 2.30. The maximum absolute atomic E-state index is 10.7. The minimum absolute atomic E-state index is 0.110. The molecule has 0 aromatic carbocycles. The van der Waals surface area contributed by atoms with Crippen LogP contribution < -0.4 is 0 Å². The predicted octanol–water partition coefficient (Wildman–Crippen LogP) is 1.28. The number of nitrogens with zero attached hydrogens (tertiary/aromatic N) is 2. The van der Waals surface area contributed by atoms with E-state index in [1.807, 2.05) is 13.0 Å². The zero-order chi connectivity index (χ0) is 9.26. The molecule has 1 aromatic rings. The van der Waals surface area contributed by atoms with Gasteiger partial charge in [0, 0.05) is 12.6 Å². The van der Waals surface area contributed by atoms with Crippen LogP contribution in [0.4, 0.5) is 0 Å². The summed E-state index contributed by atoms with van der Waals surface area (Å²) >= 11 is 0. The standard InChI is InChI=1S/C9H12N2O2/c1-7-5-9(13-10-7)8-3-2-4-11(8)6-12/h5-6,8H,2-4H2,1H3. The van der Waals surface area contributed by atoms with Crippen LogP contribution in [0.1, 0.15) is 30.3 Å². The van der Waals surface area contributed by atoms with E-state index in [0.29, 0.717) is 0 Å². The second-order valence-corrected chi connectivity index (χ2v) is 3.37. The Hall–Kier alpha value is -1.32. The molecule has 4 nitrogen and oxygen atoms in total. The van der Waals surface area contributed by atoms with Gasteiger partial charge in [-0.3, -0.25) is 4.79 Å². The van der Waals surface area contributed by atoms with E-state index in [-0.39, 0.29) is 6.04 Å². The average molecular weight is 180 g/mol. The molecular formula is C9H12N2O2. The number of likely N-dealkylation sites (tertiary alicyclic amines) is 1. The fraction of sp³-hybridized carbons (Fsp3) is 0.556. The molecule has 2 heterocycles. The lowest BCUT2D eigenvalue weighted by Crippen LogP contribution is -2.20. The van der Waals surface area contributed by atoms with Crippen LogP contribution in [0.5, 0.6) is 0 Å². The van der Waals surface area contributed by atoms with Crippen molar-refractivity contribution in [1.82, 2.24) is 10.1 Å². The molecule has 1 atom stereocenters. The second-order valence-electron chi connectivity index (χ2n) is 3.37. The lowest BCUT2D eigenvalue weighted by molar-refractivity contribution is -0.119. The van der Waals surface area contributed by atoms with E-state index in [4.69, 9.17) is 4.52 Å². The Labute approximate surface area is 76.5 Å². The zero-order valence-corrected chi connectivity index (χ0v) is 7.56. The molecule has 2 rings (SSSR count). The number of rotatable bonds is 2. The van der Waals surface area contributed by atoms with Crippen molar-refractivity contribution in [3.8, 4) is 0 Å². The van der Waals surface area contributed by atoms with Crippen LogP contribution in [0, 0.1) is 6.92 Å². The van der Waals surface area contributed by atoms with Gasteiger partial charge in [-0.1, -0.05) is 5.16 Å². The largest absolute Gasteiger partial charge is 0.359 e. The first-order valence-corrected chi connectivity index (χ1v) is 4.45. The van der Waals surface area contributed by atoms with Gasteiger partial charge in [0.15, 0.2) is 5.76 Å². The van der Waals surface area contributed by atoms with E-state index in [9.17, 15) is 4.79 Å². The Balaban J connectivity index is 2.20. The third-order valence-electron chi connectivity index (χ3n) is 2.40. The van der Waals surface area contributed by atoms with Gasteiger partial charge in [0.25, 0.3) is 0 Å². The smallest absolute Gasteiger partial charge is 0.210 e. The summed E-state index contributed by atoms with van der Waals surface area (Å²) in [4.78, 5) is 12.4. The molecule has 70 valence electrons. The van der Waals surface area contributed by atoms with Crippen molar-refractivity contribution in [3.05, 3.63) is 17.5 Å². The van der Waals surface area contributed by atoms with Gasteiger partial charge in [0.1, 0.15) is 0 Å². The van der Waals surface area contributed by atoms with Crippen LogP contribution >= 0.6 is 0 Å². The number of aryl methyl sites for hydroxylation is 1. The average Bonchev–Trinajstić information content (AvgIpc) is 2.71. The summed E-state index contributed by atoms with van der Waals surface area (Å²) in [7, 11) is 0. The monoisotopic (exact) mass is 180 g/mol. The molecule has 1 aromatic heterocycles. The molecule has 0 N–H and O–H groups in total. The van der Waals surface area contributed by atoms with Gasteiger partial charge in [-0.15, -0.1) is 0 Å². The highest BCUT2D eigenvalue weighted by Gasteiger charge is 2.27. The molecule has 4 heteroatoms. The maximum Gasteiger partial charge on any atom is 0.210 e. The summed E-state index contributed by atoms with van der Waals surface area (Å²) in [5, 5.41) is 3.81. The van der Waals surface area contributed by atoms with E-state index >= 15 is 0 Å². The number of hydrogen-bond donors (Lipinski definition) is 0. The van der Waals surface area contributed by atoms with Crippen LogP contribution in [0.25, 0.3) is 0 Å². The summed E-state index contributed by atoms with van der Waals surface area (Å²) in [6.07, 6.45) is 2.91. The predicted molar refractivity (Wildman–Crippen MR) is 46.0 cm³/mol. The van der Waals surface area contributed by atoms with Gasteiger partial charge in [0.2, 0.25) is 6.41 Å². The number of carbonyl (C=O) groups excluding carboxylic acids is 1. The molecule has 1 aliphatic rings. The number of aromatic nitrogens is 1. The fourth-order valence-electron chi connectivity index (χ4n) is 1.76. The summed E-state index contributed by atoms with van der Waals surface area (Å²) in [6, 6.07) is 2.01. The minimum Gasteiger partial charge on any atom is -0.359 e. The second kappa shape index (κ2) is 3.20. The Morgan fingerprint density at radius 2 is 2.62 bits per heavy atom. The highest BCUT2D eigenvalue weighted by atomic mass is 16.5. The third-order valence-corrected chi connectivity index (χ3v) is 2.40. The van der Waals surface area contributed by atoms with Crippen molar-refractivity contribution in [3.63, 3.8) is 0 Å². The molecule has 1 amide bonds. The fourth-order valence-corrected chi connectivity index (χ4v) is 1.76. The maximum atomic E-state index is 10.7. The van der Waals surface area contributed by atoms with E-state index in [2.05, 4.69) is 5.16 Å². The number of carbonyl (C=O) groups is 1. The van der Waals surface area contributed by atoms with Crippen LogP contribution in [-0.2, 0) is 4.79 Å². The molecule has 0 radical (unpaired) electrons. The minimum atomic E-state index is 0.110. The van der Waals surface area contributed by atoms with Crippen molar-refractivity contribution < 1.29 is 9.32 Å². The van der Waals surface area contributed by atoms with Gasteiger partial charge in [-0.2, -0.15) is 0 Å². The molecule has 1 fully saturated rings. The van der Waals surface area contributed by atoms with Gasteiger partial charge in [-0.05, 0) is 19.8 Å². The van der Waals surface area contributed by atoms with Gasteiger partial charge in [0.05, 0.1) is 11.7 Å². The third kappa shape index (κ3) is 1.43. The Bertz CT molecular complexity index is 308. The molecule has 13 heavy (non-hydrogen) atoms. The summed E-state index contributed by atoms with van der Waals surface area (Å²) in [5.41, 5.74) is 0.868. The number of hydrogen-bond acceptors (Lipinski definition) is 3. The lowest BCUT2D eigenvalue weighted by atomic mass is 10.1. The first-order valence-electron chi connectivity index (χ1n) is 4.45. The van der Waals surface area contributed by atoms with Crippen molar-refractivity contribution >= 4 is 6.41 Å². The topological polar surface area (TPSA) is 46.3 Å². The van der Waals surface area contributed by atoms with Crippen LogP contribution in [0.15, 0.2) is 10.6 Å². The van der Waals surface area contributed by atoms with Crippen molar-refractivity contribution in [2.24, 2.45) is 0 Å². The lowest BCUT2D eigenvalue weighted by Gasteiger charge is -2.16. The molecule has 0 bridgehead atoms. The molecule has 0 saturated carbocycles. The van der Waals surface area contributed by atoms with Gasteiger partial charge < -0.3 is 9.42 Å². The first kappa shape index (κ1) is 8.29. The van der Waals surface area contributed by atoms with E-state index in [0.717, 1.165) is 37.3 Å². The van der Waals surface area contributed by atoms with Gasteiger partial charge >= 0.3 is 0 Å². The molecule has 1 aliphatic heterocycles. The number of amides is 1. The molecule has 1 saturated heterocycles. The molecule has 0 aliphatic carbocycles. The normalized spacial score (nSPS) is 22.2. The summed E-state index contributed by atoms with van der Waals surface area (Å²) < 4.78 is 5.13. The first-order chi connectivity index (χ1) is 6.31. The van der Waals surface area contributed by atoms with Crippen LogP contribution in [-0.4, -0.2) is 23.0 Å². The van der Waals surface area contributed by atoms with Crippen LogP contribution in [0.3, 0.4) is 0 Å². The Morgan fingerprint density at radius 1 is 1.77 bits per heavy atom. The van der Waals surface area contributed by atoms with Crippen molar-refractivity contribution in [2.75, 3.05) is 6.54 Å². The SMILES string of the molecule is Cc1cc(C2CCCN2C=O)on1. The van der Waals surface area contributed by atoms with Gasteiger partial charge in [-0.25, -0.2) is 0 Å². The van der Waals surface area contributed by atoms with E-state index < -0.39 is 0 Å². The Morgan fingerprint density at radius 3 is 3.23 bits per heavy atom. The quantitative estimate of drug-likeness (QED) is 0.644. The van der Waals surface area contributed by atoms with Crippen molar-refractivity contribution in [1.29, 1.82) is 0 Å². The zero-order valence-electron chi connectivity index (χ0n) is 7.56. The summed E-state index contributed by atoms with van der Waals surface area (Å²) in [6.45, 7) is 2.71. The highest BCUT2D eigenvalue weighted by molar-refractivity contribution is 5.49. The van der Waals surface area contributed by atoms with Crippen molar-refractivity contribution in [2.45, 2.75) is 25.8 Å². The molecular weight excluding hydrogens is 168 g/mol. The van der Waals surface area contributed by atoms with Crippen LogP contribution in [0.2, 0.25) is 0 Å². The Kier molecular flexibility index (Phi) is 2.04. The van der Waals surface area contributed by atoms with E-state index in [1.54, 1.807) is 4.90 Å².